The highest BCUT2D eigenvalue weighted by Gasteiger charge is 2.68. The van der Waals surface area contributed by atoms with Gasteiger partial charge in [-0.2, -0.15) is 0 Å². The zero-order valence-corrected chi connectivity index (χ0v) is 26.8. The summed E-state index contributed by atoms with van der Waals surface area (Å²) in [6.45, 7) is 13.0. The molecule has 5 unspecified atom stereocenters. The first-order valence-corrected chi connectivity index (χ1v) is 17.8. The Labute approximate surface area is 252 Å². The van der Waals surface area contributed by atoms with Crippen LogP contribution in [0.15, 0.2) is 24.3 Å². The fourth-order valence-corrected chi connectivity index (χ4v) is 8.92. The number of anilines is 1. The lowest BCUT2D eigenvalue weighted by Gasteiger charge is -2.43. The molecule has 0 spiro atoms. The van der Waals surface area contributed by atoms with Crippen LogP contribution in [0.5, 0.6) is 0 Å². The molecule has 5 rings (SSSR count). The minimum Gasteiger partial charge on any atom is -0.381 e. The molecule has 2 aliphatic heterocycles. The number of carbonyl (C=O) groups excluding carboxylic acids is 2. The number of fused-ring (bicyclic) bond motifs is 2. The van der Waals surface area contributed by atoms with Gasteiger partial charge in [0.25, 0.3) is 0 Å². The lowest BCUT2D eigenvalue weighted by molar-refractivity contribution is -0.140. The van der Waals surface area contributed by atoms with Crippen LogP contribution in [0.25, 0.3) is 0 Å². The number of nitrogens with one attached hydrogen (secondary N) is 2. The Morgan fingerprint density at radius 3 is 2.36 bits per heavy atom. The average molecular weight is 603 g/mol. The van der Waals surface area contributed by atoms with Crippen molar-refractivity contribution in [2.75, 3.05) is 56.3 Å². The van der Waals surface area contributed by atoms with E-state index in [9.17, 15) is 18.0 Å². The summed E-state index contributed by atoms with van der Waals surface area (Å²) in [6.07, 6.45) is 4.93. The third kappa shape index (κ3) is 6.09. The molecule has 1 aromatic rings. The van der Waals surface area contributed by atoms with Gasteiger partial charge >= 0.3 is 0 Å². The molecule has 2 heterocycles. The fraction of sp³-hybridized carbons (Fsp3) is 0.750. The van der Waals surface area contributed by atoms with Crippen molar-refractivity contribution in [3.05, 3.63) is 29.8 Å². The Balaban J connectivity index is 1.33. The Bertz CT molecular complexity index is 1260. The van der Waals surface area contributed by atoms with Gasteiger partial charge in [0, 0.05) is 63.4 Å². The monoisotopic (exact) mass is 602 g/mol. The highest BCUT2D eigenvalue weighted by Crippen LogP contribution is 2.67. The first-order valence-electron chi connectivity index (χ1n) is 15.7. The molecule has 4 fully saturated rings. The molecule has 2 amide bonds. The molecule has 0 aromatic heterocycles. The largest absolute Gasteiger partial charge is 0.381 e. The molecule has 2 bridgehead atoms. The maximum atomic E-state index is 14.3. The summed E-state index contributed by atoms with van der Waals surface area (Å²) in [4.78, 5) is 32.7. The molecule has 1 aromatic carbocycles. The molecule has 2 aliphatic carbocycles. The summed E-state index contributed by atoms with van der Waals surface area (Å²) in [5.74, 6) is -0.206. The van der Waals surface area contributed by atoms with Gasteiger partial charge < -0.3 is 25.2 Å². The van der Waals surface area contributed by atoms with Crippen LogP contribution in [0, 0.1) is 29.6 Å². The van der Waals surface area contributed by atoms with Gasteiger partial charge in [-0.3, -0.25) is 9.59 Å². The first-order chi connectivity index (χ1) is 19.8. The van der Waals surface area contributed by atoms with Crippen LogP contribution in [0.1, 0.15) is 58.4 Å². The predicted octanol–water partition coefficient (Wildman–Crippen LogP) is 2.77. The molecule has 9 nitrogen and oxygen atoms in total. The first kappa shape index (κ1) is 31.3. The van der Waals surface area contributed by atoms with Crippen LogP contribution in [0.3, 0.4) is 0 Å². The fourth-order valence-electron chi connectivity index (χ4n) is 8.26. The number of carbonyl (C=O) groups is 2. The minimum atomic E-state index is -3.24. The zero-order chi connectivity index (χ0) is 30.3. The number of aryl methyl sites for hydroxylation is 1. The normalized spacial score (nSPS) is 30.4. The van der Waals surface area contributed by atoms with Crippen molar-refractivity contribution in [1.29, 1.82) is 0 Å². The number of rotatable bonds is 9. The van der Waals surface area contributed by atoms with Crippen LogP contribution in [0.4, 0.5) is 5.69 Å². The molecule has 4 aliphatic rings. The number of piperazine rings is 1. The van der Waals surface area contributed by atoms with Gasteiger partial charge in [0.05, 0.1) is 17.7 Å². The van der Waals surface area contributed by atoms with Crippen LogP contribution in [-0.2, 0) is 24.2 Å². The van der Waals surface area contributed by atoms with Crippen molar-refractivity contribution < 1.29 is 22.7 Å². The molecular formula is C32H50N4O5S. The van der Waals surface area contributed by atoms with Crippen molar-refractivity contribution in [2.24, 2.45) is 22.7 Å². The van der Waals surface area contributed by atoms with Gasteiger partial charge in [0.2, 0.25) is 11.8 Å². The van der Waals surface area contributed by atoms with Gasteiger partial charge in [-0.1, -0.05) is 39.0 Å². The Kier molecular flexibility index (Phi) is 8.99. The van der Waals surface area contributed by atoms with E-state index in [1.807, 2.05) is 4.90 Å². The maximum Gasteiger partial charge on any atom is 0.237 e. The van der Waals surface area contributed by atoms with Crippen molar-refractivity contribution in [3.63, 3.8) is 0 Å². The highest BCUT2D eigenvalue weighted by atomic mass is 32.2. The summed E-state index contributed by atoms with van der Waals surface area (Å²) in [5.41, 5.74) is 2.13. The van der Waals surface area contributed by atoms with Crippen molar-refractivity contribution in [1.82, 2.24) is 15.5 Å². The summed E-state index contributed by atoms with van der Waals surface area (Å²) < 4.78 is 29.6. The van der Waals surface area contributed by atoms with E-state index in [0.717, 1.165) is 38.8 Å². The topological polar surface area (TPSA) is 108 Å². The maximum absolute atomic E-state index is 14.3. The van der Waals surface area contributed by atoms with E-state index in [-0.39, 0.29) is 58.7 Å². The second-order valence-electron chi connectivity index (χ2n) is 13.9. The van der Waals surface area contributed by atoms with Crippen molar-refractivity contribution in [3.8, 4) is 0 Å². The number of para-hydroxylation sites is 1. The summed E-state index contributed by atoms with van der Waals surface area (Å²) in [5, 5.41) is 6.81. The third-order valence-electron chi connectivity index (χ3n) is 11.2. The SMILES string of the molecule is Cc1ccccc1N1CCN(C(=O)C2C3CCC(C)(C2NC(=O)C(CCS(C)(=O)=O)NC2CCOCC2)C3(C)C)CC1. The molecule has 0 radical (unpaired) electrons. The van der Waals surface area contributed by atoms with Crippen LogP contribution in [-0.4, -0.2) is 94.7 Å². The van der Waals surface area contributed by atoms with Gasteiger partial charge in [-0.05, 0) is 67.4 Å². The number of hydrogen-bond donors (Lipinski definition) is 2. The molecule has 10 heteroatoms. The summed E-state index contributed by atoms with van der Waals surface area (Å²) in [6, 6.07) is 7.55. The zero-order valence-electron chi connectivity index (χ0n) is 26.0. The van der Waals surface area contributed by atoms with Crippen molar-refractivity contribution in [2.45, 2.75) is 77.9 Å². The number of ether oxygens (including phenoxy) is 1. The number of amides is 2. The van der Waals surface area contributed by atoms with Gasteiger partial charge in [-0.25, -0.2) is 8.42 Å². The van der Waals surface area contributed by atoms with E-state index < -0.39 is 15.9 Å². The number of sulfone groups is 1. The van der Waals surface area contributed by atoms with E-state index in [4.69, 9.17) is 4.74 Å². The standard InChI is InChI=1S/C32H50N4O5S/c1-22-8-6-7-9-26(22)35-15-17-36(18-16-35)30(38)27-24-10-14-32(4,31(24,2)3)28(27)34-29(37)25(13-21-42(5,39)40)33-23-11-19-41-20-12-23/h6-9,23-25,27-28,33H,10-21H2,1-5H3,(H,34,37). The third-order valence-corrected chi connectivity index (χ3v) is 12.2. The number of hydrogen-bond acceptors (Lipinski definition) is 7. The van der Waals surface area contributed by atoms with Crippen LogP contribution < -0.4 is 15.5 Å². The van der Waals surface area contributed by atoms with E-state index in [2.05, 4.69) is 67.5 Å². The van der Waals surface area contributed by atoms with E-state index in [1.54, 1.807) is 0 Å². The van der Waals surface area contributed by atoms with Gasteiger partial charge in [0.1, 0.15) is 9.84 Å². The molecule has 2 saturated carbocycles. The Hall–Kier alpha value is -2.17. The average Bonchev–Trinajstić information content (AvgIpc) is 3.28. The highest BCUT2D eigenvalue weighted by molar-refractivity contribution is 7.90. The quantitative estimate of drug-likeness (QED) is 0.448. The smallest absolute Gasteiger partial charge is 0.237 e. The molecule has 2 N–H and O–H groups in total. The molecule has 42 heavy (non-hydrogen) atoms. The molecule has 5 atom stereocenters. The second kappa shape index (κ2) is 12.1. The Morgan fingerprint density at radius 2 is 1.71 bits per heavy atom. The Morgan fingerprint density at radius 1 is 1.05 bits per heavy atom. The minimum absolute atomic E-state index is 0.0646. The number of nitrogens with zero attached hydrogens (tertiary/aromatic N) is 2. The number of benzene rings is 1. The second-order valence-corrected chi connectivity index (χ2v) is 16.2. The summed E-state index contributed by atoms with van der Waals surface area (Å²) >= 11 is 0. The van der Waals surface area contributed by atoms with Crippen molar-refractivity contribution >= 4 is 27.3 Å². The van der Waals surface area contributed by atoms with Gasteiger partial charge in [0.15, 0.2) is 0 Å². The molecule has 2 saturated heterocycles. The predicted molar refractivity (Wildman–Crippen MR) is 165 cm³/mol. The van der Waals surface area contributed by atoms with Crippen LogP contribution >= 0.6 is 0 Å². The lowest BCUT2D eigenvalue weighted by Crippen LogP contribution is -2.60. The van der Waals surface area contributed by atoms with Crippen LogP contribution in [0.2, 0.25) is 0 Å². The molecule has 234 valence electrons. The molecular weight excluding hydrogens is 552 g/mol. The van der Waals surface area contributed by atoms with Gasteiger partial charge in [-0.15, -0.1) is 0 Å². The van der Waals surface area contributed by atoms with E-state index >= 15 is 0 Å². The van der Waals surface area contributed by atoms with E-state index in [0.29, 0.717) is 26.3 Å². The summed E-state index contributed by atoms with van der Waals surface area (Å²) in [7, 11) is -3.24. The van der Waals surface area contributed by atoms with E-state index in [1.165, 1.54) is 17.5 Å². The lowest BCUT2D eigenvalue weighted by atomic mass is 9.69.